The Hall–Kier alpha value is -10.8. The van der Waals surface area contributed by atoms with Crippen LogP contribution in [0.3, 0.4) is 0 Å². The SMILES string of the molecule is C=C(CCCC)C(=O)N1C(=O)OC(C)(C)[C@@H]1Cc1ccccc1.C=C(CCCC)C(=O)O.CCCCC(C(=O)O)C(=O)O.CCCC[C@H](CNOCc1ccccc1)C(=O)N[C@H](C(=O)OC1CCCC1)C(C)(C)C.CCCC[C@H](CNOCc1ccccc1)C(=O)O.CCCC[C@H](C[NH2+]OCc1ccccc1)C(=O)N1C(=O)OC(C)(C)[C@@H]1Cc1ccccc1.Cc1ccc(S(=O)(=O)[O-])cc1. The number of aliphatic carboxylic acids is 4. The van der Waals surface area contributed by atoms with Crippen LogP contribution >= 0.6 is 0 Å². The molecule has 3 fully saturated rings. The number of nitrogens with two attached hydrogens (primary N) is 1. The van der Waals surface area contributed by atoms with E-state index >= 15 is 0 Å². The number of aryl methyl sites for hydroxylation is 1. The summed E-state index contributed by atoms with van der Waals surface area (Å²) in [6.07, 6.45) is 18.7. The van der Waals surface area contributed by atoms with Crippen LogP contribution in [0.2, 0.25) is 0 Å². The van der Waals surface area contributed by atoms with Crippen molar-refractivity contribution in [2.24, 2.45) is 29.1 Å². The first kappa shape index (κ1) is 118. The number of carboxylic acids is 4. The Kier molecular flexibility index (Phi) is 56.3. The van der Waals surface area contributed by atoms with Crippen LogP contribution in [0.5, 0.6) is 0 Å². The summed E-state index contributed by atoms with van der Waals surface area (Å²) < 4.78 is 48.0. The molecular formula is C105H152N6O23S. The molecule has 9 N–H and O–H groups in total. The lowest BCUT2D eigenvalue weighted by Crippen LogP contribution is -2.85. The van der Waals surface area contributed by atoms with E-state index in [2.05, 4.69) is 57.1 Å². The number of quaternary nitrogens is 1. The summed E-state index contributed by atoms with van der Waals surface area (Å²) in [5.41, 5.74) is 12.6. The molecule has 6 aromatic rings. The van der Waals surface area contributed by atoms with Gasteiger partial charge in [-0.1, -0.05) is 309 Å². The summed E-state index contributed by atoms with van der Waals surface area (Å²) in [4.78, 5) is 138. The average Bonchev–Trinajstić information content (AvgIpc) is 1.63. The fourth-order valence-electron chi connectivity index (χ4n) is 14.3. The second-order valence-corrected chi connectivity index (χ2v) is 37.4. The van der Waals surface area contributed by atoms with Gasteiger partial charge in [0.2, 0.25) is 11.8 Å². The summed E-state index contributed by atoms with van der Waals surface area (Å²) in [6.45, 7) is 37.2. The summed E-state index contributed by atoms with van der Waals surface area (Å²) in [6, 6.07) is 53.8. The van der Waals surface area contributed by atoms with Gasteiger partial charge in [0.25, 0.3) is 5.91 Å². The number of hydrogen-bond donors (Lipinski definition) is 8. The van der Waals surface area contributed by atoms with Crippen molar-refractivity contribution >= 4 is 69.9 Å². The van der Waals surface area contributed by atoms with Crippen molar-refractivity contribution in [3.8, 4) is 0 Å². The standard InChI is InChI=1S/C26H34N2O4.C25H40N2O4.C19H25NO3.C14H21NO3.C7H12O4.C7H8O3S.C7H12O2/c1-4-5-16-22(18-27-31-19-21-14-10-7-11-15-21)24(29)28-23(26(2,3)32-25(28)30)17-20-12-8-6-9-13-20;1-5-6-14-20(17-26-30-18-19-12-8-7-9-13-19)23(28)27-22(25(2,3)4)24(29)31-21-15-10-11-16-21;1-5-6-10-14(2)17(21)20-16(19(3,4)23-18(20)22)13-15-11-8-7-9-12-15;1-2-3-9-13(14(16)17)10-15-18-11-12-7-5-4-6-8-12;1-2-3-4-5(6(8)9)7(10)11;1-6-2-4-7(5-3-6)11(8,9)10;1-3-4-5-6(2)7(8)9/h6-15,22-23,27H,4-5,16-19H2,1-3H3;7-9,12-13,20-22,26H,5-6,10-11,14-18H2,1-4H3,(H,27,28);7-9,11-12,16H,2,5-6,10,13H2,1,3-4H3;4-8,13,15H,2-3,9-11H2,1H3,(H,16,17);5H,2-4H2,1H3,(H,8,9)(H,10,11);2-5H,1H3,(H,8,9,10);2-5H2,1H3,(H,8,9)/t22-,23+;20-,22-;16-;13-;;;/m1101.../s1. The zero-order valence-electron chi connectivity index (χ0n) is 81.9. The van der Waals surface area contributed by atoms with Gasteiger partial charge in [0, 0.05) is 24.2 Å². The minimum absolute atomic E-state index is 0.0156. The van der Waals surface area contributed by atoms with E-state index < -0.39 is 74.8 Å². The number of nitrogens with one attached hydrogen (secondary N) is 3. The van der Waals surface area contributed by atoms with E-state index in [1.807, 2.05) is 221 Å². The molecule has 0 unspecified atom stereocenters. The molecule has 2 saturated heterocycles. The molecule has 0 radical (unpaired) electrons. The molecule has 0 spiro atoms. The Morgan fingerprint density at radius 2 is 0.889 bits per heavy atom. The fraction of sp³-hybridized carbons (Fsp3) is 0.524. The van der Waals surface area contributed by atoms with E-state index in [9.17, 15) is 60.9 Å². The van der Waals surface area contributed by atoms with Crippen LogP contribution in [0.4, 0.5) is 9.59 Å². The largest absolute Gasteiger partial charge is 0.744 e. The van der Waals surface area contributed by atoms with Crippen molar-refractivity contribution in [1.29, 1.82) is 0 Å². The van der Waals surface area contributed by atoms with Crippen LogP contribution in [0.1, 0.15) is 265 Å². The average molecular weight is 1900 g/mol. The van der Waals surface area contributed by atoms with Gasteiger partial charge in [0.15, 0.2) is 5.92 Å². The molecule has 5 amide bonds. The third-order valence-corrected chi connectivity index (χ3v) is 23.6. The number of ether oxygens (including phenoxy) is 3. The van der Waals surface area contributed by atoms with Gasteiger partial charge >= 0.3 is 42.0 Å². The third-order valence-electron chi connectivity index (χ3n) is 22.7. The highest BCUT2D eigenvalue weighted by Crippen LogP contribution is 2.36. The smallest absolute Gasteiger partial charge is 0.417 e. The van der Waals surface area contributed by atoms with Gasteiger partial charge in [-0.3, -0.25) is 38.4 Å². The number of cyclic esters (lactones) is 2. The molecule has 1 saturated carbocycles. The highest BCUT2D eigenvalue weighted by atomic mass is 32.2. The van der Waals surface area contributed by atoms with Gasteiger partial charge < -0.3 is 44.5 Å². The number of rotatable bonds is 48. The molecule has 0 aromatic heterocycles. The molecule has 135 heavy (non-hydrogen) atoms. The van der Waals surface area contributed by atoms with Crippen LogP contribution in [-0.2, 0) is 110 Å². The number of hydrogen-bond acceptors (Lipinski definition) is 21. The molecule has 30 heteroatoms. The van der Waals surface area contributed by atoms with E-state index in [-0.39, 0.29) is 70.9 Å². The molecule has 3 aliphatic rings. The number of hydroxylamine groups is 3. The first-order valence-corrected chi connectivity index (χ1v) is 48.8. The zero-order chi connectivity index (χ0) is 101. The molecule has 6 aromatic carbocycles. The number of nitrogens with zero attached hydrogens (tertiary/aromatic N) is 2. The minimum Gasteiger partial charge on any atom is -0.744 e. The van der Waals surface area contributed by atoms with E-state index in [0.29, 0.717) is 95.5 Å². The predicted octanol–water partition coefficient (Wildman–Crippen LogP) is 18.8. The van der Waals surface area contributed by atoms with Gasteiger partial charge in [-0.2, -0.15) is 0 Å². The molecule has 746 valence electrons. The van der Waals surface area contributed by atoms with Gasteiger partial charge in [0.05, 0.1) is 47.9 Å². The number of amides is 5. The van der Waals surface area contributed by atoms with Crippen molar-refractivity contribution in [2.75, 3.05) is 19.6 Å². The van der Waals surface area contributed by atoms with Gasteiger partial charge in [0.1, 0.15) is 46.6 Å². The second kappa shape index (κ2) is 64.2. The molecule has 1 aliphatic carbocycles. The van der Waals surface area contributed by atoms with Gasteiger partial charge in [-0.15, -0.1) is 0 Å². The highest BCUT2D eigenvalue weighted by molar-refractivity contribution is 7.85. The van der Waals surface area contributed by atoms with Crippen LogP contribution in [0.25, 0.3) is 0 Å². The molecular weight excluding hydrogens is 1750 g/mol. The van der Waals surface area contributed by atoms with E-state index in [4.69, 9.17) is 49.1 Å². The predicted molar refractivity (Wildman–Crippen MR) is 518 cm³/mol. The minimum atomic E-state index is -4.27. The zero-order valence-corrected chi connectivity index (χ0v) is 82.7. The number of esters is 1. The normalized spacial score (nSPS) is 15.5. The Labute approximate surface area is 800 Å². The lowest BCUT2D eigenvalue weighted by molar-refractivity contribution is -0.902. The number of carboxylic acid groups (broad SMARTS) is 4. The van der Waals surface area contributed by atoms with Crippen LogP contribution < -0.4 is 21.8 Å². The molecule has 29 nitrogen and oxygen atoms in total. The molecule has 9 rings (SSSR count). The Bertz CT molecular complexity index is 4600. The number of unbranched alkanes of at least 4 members (excludes halogenated alkanes) is 6. The van der Waals surface area contributed by atoms with Crippen molar-refractivity contribution in [1.82, 2.24) is 26.1 Å². The lowest BCUT2D eigenvalue weighted by atomic mass is 9.86. The van der Waals surface area contributed by atoms with E-state index in [1.54, 1.807) is 17.6 Å². The monoisotopic (exact) mass is 1900 g/mol. The van der Waals surface area contributed by atoms with E-state index in [1.165, 1.54) is 21.9 Å². The number of carbonyl (C=O) groups excluding carboxylic acids is 6. The number of carbonyl (C=O) groups is 10. The Morgan fingerprint density at radius 1 is 0.511 bits per heavy atom. The van der Waals surface area contributed by atoms with Crippen LogP contribution in [0, 0.1) is 36.0 Å². The lowest BCUT2D eigenvalue weighted by Gasteiger charge is -2.32. The van der Waals surface area contributed by atoms with Gasteiger partial charge in [-0.25, -0.2) is 58.7 Å². The first-order chi connectivity index (χ1) is 64.1. The molecule has 2 heterocycles. The topological polar surface area (TPSA) is 423 Å². The number of benzene rings is 6. The summed E-state index contributed by atoms with van der Waals surface area (Å²) in [5.74, 6) is -7.26. The Balaban J connectivity index is 0.000000424. The first-order valence-electron chi connectivity index (χ1n) is 47.4. The maximum Gasteiger partial charge on any atom is 0.417 e. The third kappa shape index (κ3) is 46.5. The summed E-state index contributed by atoms with van der Waals surface area (Å²) >= 11 is 0. The van der Waals surface area contributed by atoms with Crippen molar-refractivity contribution < 1.29 is 116 Å². The summed E-state index contributed by atoms with van der Waals surface area (Å²) in [7, 11) is -4.27. The highest BCUT2D eigenvalue weighted by Gasteiger charge is 2.53. The van der Waals surface area contributed by atoms with Crippen molar-refractivity contribution in [3.05, 3.63) is 234 Å². The number of imide groups is 2. The fourth-order valence-corrected chi connectivity index (χ4v) is 14.8. The second-order valence-electron chi connectivity index (χ2n) is 36.0. The summed E-state index contributed by atoms with van der Waals surface area (Å²) in [5, 5.41) is 37.1. The molecule has 2 aliphatic heterocycles. The molecule has 6 atom stereocenters. The quantitative estimate of drug-likeness (QED) is 0.00334. The van der Waals surface area contributed by atoms with E-state index in [0.717, 1.165) is 136 Å². The van der Waals surface area contributed by atoms with Gasteiger partial charge in [-0.05, 0) is 170 Å². The van der Waals surface area contributed by atoms with Crippen molar-refractivity contribution in [2.45, 2.75) is 311 Å². The van der Waals surface area contributed by atoms with Crippen LogP contribution in [0.15, 0.2) is 205 Å². The maximum absolute atomic E-state index is 13.6. The molecule has 0 bridgehead atoms. The maximum atomic E-state index is 13.6. The Morgan fingerprint density at radius 3 is 1.29 bits per heavy atom. The van der Waals surface area contributed by atoms with Crippen LogP contribution in [-0.4, -0.2) is 158 Å². The van der Waals surface area contributed by atoms with Crippen molar-refractivity contribution in [3.63, 3.8) is 0 Å².